The summed E-state index contributed by atoms with van der Waals surface area (Å²) >= 11 is 1.44. The minimum atomic E-state index is -4.57. The molecule has 0 aliphatic rings. The Kier molecular flexibility index (Phi) is 6.91. The standard InChI is InChI=1S/C24H19F4N6OS/c1-23(2,22-31-19(12-36-22)15-6-8-17(25)9-7-15)13-30-33-32-21(35)16-4-3-5-18(10-16)34-11-20(29-14-34)24(26,27)28/h3-12,14H,13H2,1-2H3/q+1. The van der Waals surface area contributed by atoms with E-state index in [9.17, 15) is 22.4 Å². The van der Waals surface area contributed by atoms with E-state index in [1.807, 2.05) is 19.2 Å². The van der Waals surface area contributed by atoms with Crippen molar-refractivity contribution in [1.82, 2.24) is 19.4 Å². The molecule has 0 aliphatic carbocycles. The van der Waals surface area contributed by atoms with Crippen molar-refractivity contribution in [3.8, 4) is 16.9 Å². The van der Waals surface area contributed by atoms with E-state index in [0.29, 0.717) is 5.69 Å². The molecule has 0 bridgehead atoms. The molecule has 4 aromatic rings. The summed E-state index contributed by atoms with van der Waals surface area (Å²) in [5.41, 5.74) is 0.437. The van der Waals surface area contributed by atoms with Crippen LogP contribution in [0.25, 0.3) is 16.9 Å². The third kappa shape index (κ3) is 5.78. The summed E-state index contributed by atoms with van der Waals surface area (Å²) in [6.07, 6.45) is -2.71. The summed E-state index contributed by atoms with van der Waals surface area (Å²) < 4.78 is 52.7. The molecule has 12 heteroatoms. The first-order chi connectivity index (χ1) is 17.0. The topological polar surface area (TPSA) is 86.6 Å². The molecule has 0 N–H and O–H groups in total. The van der Waals surface area contributed by atoms with Crippen LogP contribution in [0.15, 0.2) is 76.7 Å². The van der Waals surface area contributed by atoms with Gasteiger partial charge in [-0.2, -0.15) is 13.2 Å². The van der Waals surface area contributed by atoms with Crippen LogP contribution in [0, 0.1) is 5.82 Å². The highest BCUT2D eigenvalue weighted by Crippen LogP contribution is 2.31. The predicted octanol–water partition coefficient (Wildman–Crippen LogP) is 6.24. The smallest absolute Gasteiger partial charge is 0.306 e. The lowest BCUT2D eigenvalue weighted by Crippen LogP contribution is -2.21. The molecule has 0 unspecified atom stereocenters. The molecule has 36 heavy (non-hydrogen) atoms. The number of halogens is 4. The first kappa shape index (κ1) is 25.1. The lowest BCUT2D eigenvalue weighted by atomic mass is 9.95. The van der Waals surface area contributed by atoms with Crippen molar-refractivity contribution in [3.05, 3.63) is 88.5 Å². The Morgan fingerprint density at radius 1 is 1.14 bits per heavy atom. The molecular formula is C24H19F4N6OS+. The van der Waals surface area contributed by atoms with Gasteiger partial charge in [0.25, 0.3) is 0 Å². The highest BCUT2D eigenvalue weighted by molar-refractivity contribution is 7.10. The van der Waals surface area contributed by atoms with E-state index >= 15 is 0 Å². The number of imidazole rings is 1. The summed E-state index contributed by atoms with van der Waals surface area (Å²) in [5.74, 6) is -1.01. The van der Waals surface area contributed by atoms with E-state index in [4.69, 9.17) is 0 Å². The zero-order chi connectivity index (χ0) is 25.9. The number of hydrogen-bond acceptors (Lipinski definition) is 5. The van der Waals surface area contributed by atoms with Crippen molar-refractivity contribution in [3.63, 3.8) is 0 Å². The molecular weight excluding hydrogens is 496 g/mol. The number of hydrogen-bond donors (Lipinski definition) is 0. The van der Waals surface area contributed by atoms with Crippen LogP contribution in [-0.2, 0) is 11.6 Å². The molecule has 7 nitrogen and oxygen atoms in total. The number of nitrogens with zero attached hydrogens (tertiary/aromatic N) is 6. The normalized spacial score (nSPS) is 11.7. The molecule has 0 fully saturated rings. The van der Waals surface area contributed by atoms with E-state index in [1.165, 1.54) is 47.7 Å². The van der Waals surface area contributed by atoms with Crippen LogP contribution in [-0.4, -0.2) is 27.0 Å². The largest absolute Gasteiger partial charge is 0.434 e. The molecule has 4 rings (SSSR count). The summed E-state index contributed by atoms with van der Waals surface area (Å²) in [7, 11) is 0. The third-order valence-electron chi connectivity index (χ3n) is 5.15. The molecule has 2 aromatic carbocycles. The summed E-state index contributed by atoms with van der Waals surface area (Å²) in [4.78, 5) is 24.0. The van der Waals surface area contributed by atoms with Gasteiger partial charge in [-0.25, -0.2) is 14.4 Å². The Morgan fingerprint density at radius 2 is 1.89 bits per heavy atom. The average molecular weight is 516 g/mol. The molecule has 0 aliphatic heterocycles. The Labute approximate surface area is 206 Å². The first-order valence-corrected chi connectivity index (χ1v) is 11.5. The summed E-state index contributed by atoms with van der Waals surface area (Å²) in [6, 6.07) is 12.0. The minimum absolute atomic E-state index is 0.136. The van der Waals surface area contributed by atoms with Crippen molar-refractivity contribution in [2.45, 2.75) is 25.4 Å². The third-order valence-corrected chi connectivity index (χ3v) is 6.36. The van der Waals surface area contributed by atoms with Gasteiger partial charge >= 0.3 is 12.1 Å². The fourth-order valence-electron chi connectivity index (χ4n) is 3.15. The second kappa shape index (κ2) is 9.92. The number of amides is 1. The van der Waals surface area contributed by atoms with Crippen LogP contribution in [0.3, 0.4) is 0 Å². The molecule has 0 radical (unpaired) electrons. The molecule has 2 aromatic heterocycles. The Balaban J connectivity index is 1.43. The van der Waals surface area contributed by atoms with Gasteiger partial charge in [0.15, 0.2) is 5.69 Å². The SMILES string of the molecule is CC(C)(CN=[N+]=NC(=O)c1cccc(-n2cnc(C(F)(F)F)c2)c1)c1nc(-c2ccc(F)cc2)cs1. The number of thiazole rings is 1. The van der Waals surface area contributed by atoms with Gasteiger partial charge in [-0.3, -0.25) is 4.79 Å². The number of carbonyl (C=O) groups is 1. The summed E-state index contributed by atoms with van der Waals surface area (Å²) in [6.45, 7) is 4.05. The number of carbonyl (C=O) groups excluding carboxylic acids is 1. The van der Waals surface area contributed by atoms with Gasteiger partial charge < -0.3 is 4.57 Å². The van der Waals surface area contributed by atoms with E-state index in [2.05, 4.69) is 25.1 Å². The maximum Gasteiger partial charge on any atom is 0.434 e. The molecule has 184 valence electrons. The predicted molar refractivity (Wildman–Crippen MR) is 125 cm³/mol. The first-order valence-electron chi connectivity index (χ1n) is 10.6. The minimum Gasteiger partial charge on any atom is -0.306 e. The van der Waals surface area contributed by atoms with Crippen molar-refractivity contribution >= 4 is 17.2 Å². The van der Waals surface area contributed by atoms with Crippen LogP contribution in [0.5, 0.6) is 0 Å². The van der Waals surface area contributed by atoms with Gasteiger partial charge in [0, 0.05) is 28.2 Å². The lowest BCUT2D eigenvalue weighted by molar-refractivity contribution is -0.140. The van der Waals surface area contributed by atoms with Crippen LogP contribution < -0.4 is 4.91 Å². The van der Waals surface area contributed by atoms with Gasteiger partial charge in [0.05, 0.1) is 17.6 Å². The maximum atomic E-state index is 13.2. The van der Waals surface area contributed by atoms with E-state index in [1.54, 1.807) is 12.1 Å². The van der Waals surface area contributed by atoms with Crippen LogP contribution in [0.4, 0.5) is 17.6 Å². The second-order valence-corrected chi connectivity index (χ2v) is 9.30. The summed E-state index contributed by atoms with van der Waals surface area (Å²) in [5, 5.41) is 10.3. The molecule has 0 atom stereocenters. The molecule has 0 saturated heterocycles. The molecule has 0 saturated carbocycles. The van der Waals surface area contributed by atoms with Gasteiger partial charge in [-0.15, -0.1) is 11.3 Å². The zero-order valence-electron chi connectivity index (χ0n) is 19.1. The van der Waals surface area contributed by atoms with Crippen molar-refractivity contribution in [2.75, 3.05) is 6.54 Å². The zero-order valence-corrected chi connectivity index (χ0v) is 19.9. The average Bonchev–Trinajstić information content (AvgIpc) is 3.53. The van der Waals surface area contributed by atoms with Crippen LogP contribution in [0.2, 0.25) is 0 Å². The van der Waals surface area contributed by atoms with Gasteiger partial charge in [0.1, 0.15) is 22.5 Å². The second-order valence-electron chi connectivity index (χ2n) is 8.44. The highest BCUT2D eigenvalue weighted by atomic mass is 32.1. The lowest BCUT2D eigenvalue weighted by Gasteiger charge is -2.15. The van der Waals surface area contributed by atoms with Crippen molar-refractivity contribution in [2.24, 2.45) is 10.2 Å². The van der Waals surface area contributed by atoms with Gasteiger partial charge in [-0.05, 0) is 42.5 Å². The fraction of sp³-hybridized carbons (Fsp3) is 0.208. The van der Waals surface area contributed by atoms with E-state index in [-0.39, 0.29) is 17.9 Å². The van der Waals surface area contributed by atoms with Gasteiger partial charge in [-0.1, -0.05) is 19.9 Å². The number of aromatic nitrogens is 3. The van der Waals surface area contributed by atoms with Crippen LogP contribution >= 0.6 is 11.3 Å². The number of benzene rings is 2. The highest BCUT2D eigenvalue weighted by Gasteiger charge is 2.33. The number of alkyl halides is 3. The fourth-order valence-corrected chi connectivity index (χ4v) is 4.10. The molecule has 0 spiro atoms. The monoisotopic (exact) mass is 515 g/mol. The maximum absolute atomic E-state index is 13.2. The van der Waals surface area contributed by atoms with E-state index in [0.717, 1.165) is 33.4 Å². The van der Waals surface area contributed by atoms with Crippen molar-refractivity contribution < 1.29 is 22.4 Å². The quantitative estimate of drug-likeness (QED) is 0.173. The molecule has 2 heterocycles. The van der Waals surface area contributed by atoms with Crippen LogP contribution in [0.1, 0.15) is 34.9 Å². The molecule has 1 amide bonds. The van der Waals surface area contributed by atoms with E-state index < -0.39 is 23.2 Å². The Bertz CT molecular complexity index is 1450. The number of rotatable bonds is 6. The Morgan fingerprint density at radius 3 is 2.58 bits per heavy atom. The Hall–Kier alpha value is -4.02. The van der Waals surface area contributed by atoms with Gasteiger partial charge in [0.2, 0.25) is 10.0 Å². The van der Waals surface area contributed by atoms with Crippen molar-refractivity contribution in [1.29, 1.82) is 0 Å².